The van der Waals surface area contributed by atoms with Gasteiger partial charge in [-0.3, -0.25) is 9.59 Å². The van der Waals surface area contributed by atoms with Gasteiger partial charge in [0.1, 0.15) is 4.83 Å². The highest BCUT2D eigenvalue weighted by Gasteiger charge is 2.23. The minimum atomic E-state index is -0.209. The van der Waals surface area contributed by atoms with Gasteiger partial charge < -0.3 is 9.97 Å². The molecule has 22 heavy (non-hydrogen) atoms. The van der Waals surface area contributed by atoms with Crippen LogP contribution in [0, 0.1) is 5.92 Å². The zero-order chi connectivity index (χ0) is 15.3. The Hall–Kier alpha value is -2.21. The number of fused-ring (bicyclic) bond motifs is 3. The van der Waals surface area contributed by atoms with Crippen LogP contribution in [0.25, 0.3) is 21.7 Å². The average Bonchev–Trinajstić information content (AvgIpc) is 2.84. The van der Waals surface area contributed by atoms with E-state index in [0.717, 1.165) is 29.5 Å². The molecule has 0 saturated carbocycles. The second-order valence-electron chi connectivity index (χ2n) is 5.88. The van der Waals surface area contributed by atoms with Gasteiger partial charge in [0.2, 0.25) is 5.56 Å². The van der Waals surface area contributed by atoms with Crippen molar-refractivity contribution in [1.29, 1.82) is 0 Å². The van der Waals surface area contributed by atoms with E-state index >= 15 is 0 Å². The second-order valence-corrected chi connectivity index (χ2v) is 6.96. The van der Waals surface area contributed by atoms with Crippen molar-refractivity contribution in [1.82, 2.24) is 15.0 Å². The number of hydrogen-bond acceptors (Lipinski definition) is 4. The van der Waals surface area contributed by atoms with Crippen molar-refractivity contribution in [2.45, 2.75) is 26.2 Å². The van der Waals surface area contributed by atoms with Crippen molar-refractivity contribution < 1.29 is 0 Å². The molecule has 3 heterocycles. The second kappa shape index (κ2) is 4.91. The molecule has 112 valence electrons. The number of H-pyrrole nitrogens is 2. The molecular weight excluding hydrogens is 298 g/mol. The Labute approximate surface area is 130 Å². The Morgan fingerprint density at radius 2 is 2.14 bits per heavy atom. The minimum absolute atomic E-state index is 0.114. The summed E-state index contributed by atoms with van der Waals surface area (Å²) in [6.45, 7) is 2.24. The van der Waals surface area contributed by atoms with Gasteiger partial charge in [-0.25, -0.2) is 4.98 Å². The van der Waals surface area contributed by atoms with E-state index in [2.05, 4.69) is 21.9 Å². The van der Waals surface area contributed by atoms with E-state index in [1.807, 2.05) is 0 Å². The number of rotatable bonds is 1. The normalized spacial score (nSPS) is 17.6. The van der Waals surface area contributed by atoms with Crippen LogP contribution in [0.1, 0.15) is 23.8 Å². The van der Waals surface area contributed by atoms with Crippen LogP contribution >= 0.6 is 11.3 Å². The van der Waals surface area contributed by atoms with Gasteiger partial charge in [-0.2, -0.15) is 0 Å². The van der Waals surface area contributed by atoms with Crippen LogP contribution in [-0.4, -0.2) is 15.0 Å². The molecular formula is C16H15N3O2S. The number of thiophene rings is 1. The lowest BCUT2D eigenvalue weighted by molar-refractivity contribution is 0.509. The van der Waals surface area contributed by atoms with E-state index < -0.39 is 0 Å². The predicted octanol–water partition coefficient (Wildman–Crippen LogP) is 2.46. The van der Waals surface area contributed by atoms with Gasteiger partial charge in [0, 0.05) is 10.9 Å². The topological polar surface area (TPSA) is 78.6 Å². The fourth-order valence-electron chi connectivity index (χ4n) is 3.06. The molecule has 4 rings (SSSR count). The van der Waals surface area contributed by atoms with Crippen molar-refractivity contribution >= 4 is 21.6 Å². The molecule has 0 bridgehead atoms. The predicted molar refractivity (Wildman–Crippen MR) is 87.5 cm³/mol. The highest BCUT2D eigenvalue weighted by atomic mass is 32.1. The lowest BCUT2D eigenvalue weighted by Crippen LogP contribution is -2.14. The van der Waals surface area contributed by atoms with Crippen LogP contribution in [0.2, 0.25) is 0 Å². The highest BCUT2D eigenvalue weighted by Crippen LogP contribution is 2.35. The Balaban J connectivity index is 1.94. The number of hydrogen-bond donors (Lipinski definition) is 2. The van der Waals surface area contributed by atoms with Crippen molar-refractivity contribution in [3.05, 3.63) is 49.3 Å². The third-order valence-corrected chi connectivity index (χ3v) is 5.34. The molecule has 0 fully saturated rings. The molecule has 6 heteroatoms. The maximum Gasteiger partial charge on any atom is 0.260 e. The lowest BCUT2D eigenvalue weighted by atomic mass is 9.89. The SMILES string of the molecule is C[C@H]1CCc2c(sc3nc(-c4cccc(=O)[nH]4)[nH]c(=O)c23)C1. The Bertz CT molecular complexity index is 983. The summed E-state index contributed by atoms with van der Waals surface area (Å²) in [5, 5.41) is 0.730. The first-order valence-electron chi connectivity index (χ1n) is 7.36. The first kappa shape index (κ1) is 13.5. The number of aryl methyl sites for hydroxylation is 1. The molecule has 0 aliphatic heterocycles. The summed E-state index contributed by atoms with van der Waals surface area (Å²) in [6.07, 6.45) is 3.09. The fraction of sp³-hybridized carbons (Fsp3) is 0.312. The molecule has 0 radical (unpaired) electrons. The first-order chi connectivity index (χ1) is 10.6. The first-order valence-corrected chi connectivity index (χ1v) is 8.18. The fourth-order valence-corrected chi connectivity index (χ4v) is 4.45. The van der Waals surface area contributed by atoms with E-state index in [1.165, 1.54) is 16.5 Å². The Kier molecular flexibility index (Phi) is 3.00. The molecule has 2 N–H and O–H groups in total. The van der Waals surface area contributed by atoms with Gasteiger partial charge in [0.25, 0.3) is 5.56 Å². The standard InChI is InChI=1S/C16H15N3O2S/c1-8-5-6-9-11(7-8)22-16-13(9)15(21)18-14(19-16)10-3-2-4-12(20)17-10/h2-4,8H,5-7H2,1H3,(H,17,20)(H,18,19,21)/t8-/m0/s1. The molecule has 0 spiro atoms. The van der Waals surface area contributed by atoms with Crippen molar-refractivity contribution in [3.8, 4) is 11.5 Å². The molecule has 0 aromatic carbocycles. The molecule has 1 aliphatic carbocycles. The molecule has 3 aromatic heterocycles. The van der Waals surface area contributed by atoms with Crippen LogP contribution in [0.15, 0.2) is 27.8 Å². The Morgan fingerprint density at radius 3 is 2.95 bits per heavy atom. The smallest absolute Gasteiger partial charge is 0.260 e. The van der Waals surface area contributed by atoms with Gasteiger partial charge in [0.05, 0.1) is 11.1 Å². The third kappa shape index (κ3) is 2.11. The van der Waals surface area contributed by atoms with Crippen LogP contribution in [0.4, 0.5) is 0 Å². The number of aromatic nitrogens is 3. The van der Waals surface area contributed by atoms with Crippen LogP contribution in [-0.2, 0) is 12.8 Å². The molecule has 1 aliphatic rings. The monoisotopic (exact) mass is 313 g/mol. The molecule has 3 aromatic rings. The zero-order valence-electron chi connectivity index (χ0n) is 12.1. The molecule has 1 atom stereocenters. The molecule has 0 saturated heterocycles. The maximum atomic E-state index is 12.5. The van der Waals surface area contributed by atoms with E-state index in [9.17, 15) is 9.59 Å². The number of aromatic amines is 2. The van der Waals surface area contributed by atoms with Gasteiger partial charge >= 0.3 is 0 Å². The van der Waals surface area contributed by atoms with E-state index in [4.69, 9.17) is 0 Å². The summed E-state index contributed by atoms with van der Waals surface area (Å²) in [5.41, 5.74) is 1.38. The number of nitrogens with one attached hydrogen (secondary N) is 2. The van der Waals surface area contributed by atoms with Crippen LogP contribution in [0.5, 0.6) is 0 Å². The molecule has 0 amide bonds. The highest BCUT2D eigenvalue weighted by molar-refractivity contribution is 7.18. The maximum absolute atomic E-state index is 12.5. The van der Waals surface area contributed by atoms with E-state index in [1.54, 1.807) is 23.5 Å². The molecule has 5 nitrogen and oxygen atoms in total. The van der Waals surface area contributed by atoms with Gasteiger partial charge in [0.15, 0.2) is 5.82 Å². The Morgan fingerprint density at radius 1 is 1.27 bits per heavy atom. The zero-order valence-corrected chi connectivity index (χ0v) is 12.9. The summed E-state index contributed by atoms with van der Waals surface area (Å²) >= 11 is 1.61. The number of nitrogens with zero attached hydrogens (tertiary/aromatic N) is 1. The lowest BCUT2D eigenvalue weighted by Gasteiger charge is -2.17. The van der Waals surface area contributed by atoms with Gasteiger partial charge in [-0.15, -0.1) is 11.3 Å². The van der Waals surface area contributed by atoms with Crippen LogP contribution < -0.4 is 11.1 Å². The van der Waals surface area contributed by atoms with Gasteiger partial charge in [-0.05, 0) is 36.8 Å². The van der Waals surface area contributed by atoms with Crippen molar-refractivity contribution in [2.75, 3.05) is 0 Å². The molecule has 0 unspecified atom stereocenters. The summed E-state index contributed by atoms with van der Waals surface area (Å²) < 4.78 is 0. The average molecular weight is 313 g/mol. The quantitative estimate of drug-likeness (QED) is 0.724. The largest absolute Gasteiger partial charge is 0.319 e. The summed E-state index contributed by atoms with van der Waals surface area (Å²) in [7, 11) is 0. The summed E-state index contributed by atoms with van der Waals surface area (Å²) in [6, 6.07) is 4.83. The van der Waals surface area contributed by atoms with E-state index in [0.29, 0.717) is 17.4 Å². The van der Waals surface area contributed by atoms with Gasteiger partial charge in [-0.1, -0.05) is 13.0 Å². The van der Waals surface area contributed by atoms with Crippen molar-refractivity contribution in [2.24, 2.45) is 5.92 Å². The van der Waals surface area contributed by atoms with Crippen molar-refractivity contribution in [3.63, 3.8) is 0 Å². The summed E-state index contributed by atoms with van der Waals surface area (Å²) in [5.74, 6) is 1.08. The summed E-state index contributed by atoms with van der Waals surface area (Å²) in [4.78, 5) is 36.1. The van der Waals surface area contributed by atoms with E-state index in [-0.39, 0.29) is 11.1 Å². The minimum Gasteiger partial charge on any atom is -0.319 e. The third-order valence-electron chi connectivity index (χ3n) is 4.19. The van der Waals surface area contributed by atoms with Crippen LogP contribution in [0.3, 0.4) is 0 Å². The number of pyridine rings is 1.